The molecule has 26 heavy (non-hydrogen) atoms. The fraction of sp³-hybridized carbons (Fsp3) is 0.250. The molecular formula is C20H21N3O3. The van der Waals surface area contributed by atoms with Crippen molar-refractivity contribution in [2.45, 2.75) is 20.3 Å². The zero-order valence-electron chi connectivity index (χ0n) is 15.1. The zero-order valence-corrected chi connectivity index (χ0v) is 15.1. The number of hydrogen-bond donors (Lipinski definition) is 1. The number of nitrogens with one attached hydrogen (secondary N) is 1. The van der Waals surface area contributed by atoms with Crippen LogP contribution in [-0.2, 0) is 16.0 Å². The van der Waals surface area contributed by atoms with Crippen molar-refractivity contribution in [3.63, 3.8) is 0 Å². The second-order valence-corrected chi connectivity index (χ2v) is 6.30. The van der Waals surface area contributed by atoms with Crippen LogP contribution in [0.3, 0.4) is 0 Å². The maximum Gasteiger partial charge on any atom is 0.244 e. The molecule has 3 aromatic rings. The van der Waals surface area contributed by atoms with Crippen molar-refractivity contribution in [3.8, 4) is 0 Å². The number of hydrogen-bond acceptors (Lipinski definition) is 4. The zero-order chi connectivity index (χ0) is 18.7. The van der Waals surface area contributed by atoms with Crippen LogP contribution >= 0.6 is 0 Å². The molecule has 3 rings (SSSR count). The third kappa shape index (κ3) is 3.74. The van der Waals surface area contributed by atoms with Crippen LogP contribution in [0.25, 0.3) is 10.8 Å². The molecule has 0 atom stereocenters. The Labute approximate surface area is 151 Å². The monoisotopic (exact) mass is 351 g/mol. The average Bonchev–Trinajstić information content (AvgIpc) is 2.94. The van der Waals surface area contributed by atoms with Crippen LogP contribution in [0.15, 0.2) is 47.0 Å². The molecule has 1 heterocycles. The third-order valence-electron chi connectivity index (χ3n) is 4.38. The van der Waals surface area contributed by atoms with E-state index in [-0.39, 0.29) is 24.8 Å². The molecule has 0 saturated heterocycles. The number of benzene rings is 2. The number of likely N-dealkylation sites (N-methyl/N-ethyl adjacent to an activating group) is 1. The Hall–Kier alpha value is -3.15. The van der Waals surface area contributed by atoms with Gasteiger partial charge in [0.05, 0.1) is 18.7 Å². The van der Waals surface area contributed by atoms with Crippen LogP contribution in [-0.4, -0.2) is 35.5 Å². The second kappa shape index (κ2) is 7.39. The highest BCUT2D eigenvalue weighted by Gasteiger charge is 2.18. The van der Waals surface area contributed by atoms with Crippen LogP contribution in [0.4, 0.5) is 5.69 Å². The molecule has 0 aliphatic carbocycles. The highest BCUT2D eigenvalue weighted by Crippen LogP contribution is 2.22. The molecule has 1 aromatic heterocycles. The highest BCUT2D eigenvalue weighted by atomic mass is 16.5. The Kier molecular flexibility index (Phi) is 5.02. The smallest absolute Gasteiger partial charge is 0.244 e. The van der Waals surface area contributed by atoms with E-state index in [1.807, 2.05) is 42.5 Å². The Morgan fingerprint density at radius 1 is 1.12 bits per heavy atom. The first-order chi connectivity index (χ1) is 12.5. The quantitative estimate of drug-likeness (QED) is 0.766. The van der Waals surface area contributed by atoms with Gasteiger partial charge in [-0.25, -0.2) is 0 Å². The molecule has 1 N–H and O–H groups in total. The first-order valence-electron chi connectivity index (χ1n) is 8.39. The van der Waals surface area contributed by atoms with E-state index >= 15 is 0 Å². The summed E-state index contributed by atoms with van der Waals surface area (Å²) < 4.78 is 5.08. The molecule has 134 valence electrons. The fourth-order valence-corrected chi connectivity index (χ4v) is 2.87. The summed E-state index contributed by atoms with van der Waals surface area (Å²) in [7, 11) is 1.61. The van der Waals surface area contributed by atoms with E-state index in [2.05, 4.69) is 10.5 Å². The van der Waals surface area contributed by atoms with Gasteiger partial charge in [-0.05, 0) is 25.3 Å². The molecule has 0 aliphatic rings. The van der Waals surface area contributed by atoms with Crippen molar-refractivity contribution in [3.05, 3.63) is 59.5 Å². The standard InChI is InChI=1S/C20H21N3O3/c1-13-17(14(2)26-22-13)11-20(25)23(3)12-19(24)21-18-10-6-8-15-7-4-5-9-16(15)18/h4-10H,11-12H2,1-3H3,(H,21,24). The van der Waals surface area contributed by atoms with Crippen molar-refractivity contribution >= 4 is 28.3 Å². The molecule has 0 aliphatic heterocycles. The van der Waals surface area contributed by atoms with Crippen LogP contribution in [0, 0.1) is 13.8 Å². The van der Waals surface area contributed by atoms with Gasteiger partial charge in [-0.15, -0.1) is 0 Å². The predicted molar refractivity (Wildman–Crippen MR) is 99.9 cm³/mol. The van der Waals surface area contributed by atoms with E-state index in [0.717, 1.165) is 22.0 Å². The number of nitrogens with zero attached hydrogens (tertiary/aromatic N) is 2. The largest absolute Gasteiger partial charge is 0.361 e. The average molecular weight is 351 g/mol. The van der Waals surface area contributed by atoms with Gasteiger partial charge in [-0.2, -0.15) is 0 Å². The number of carbonyl (C=O) groups is 2. The lowest BCUT2D eigenvalue weighted by Crippen LogP contribution is -2.36. The molecule has 0 bridgehead atoms. The minimum absolute atomic E-state index is 0.0224. The van der Waals surface area contributed by atoms with Crippen LogP contribution in [0.5, 0.6) is 0 Å². The summed E-state index contributed by atoms with van der Waals surface area (Å²) in [5, 5.41) is 8.75. The van der Waals surface area contributed by atoms with E-state index in [4.69, 9.17) is 4.52 Å². The number of aromatic nitrogens is 1. The van der Waals surface area contributed by atoms with Gasteiger partial charge in [0.1, 0.15) is 5.76 Å². The van der Waals surface area contributed by atoms with Gasteiger partial charge in [0.25, 0.3) is 0 Å². The van der Waals surface area contributed by atoms with Gasteiger partial charge in [-0.1, -0.05) is 41.6 Å². The first kappa shape index (κ1) is 17.7. The Balaban J connectivity index is 1.64. The summed E-state index contributed by atoms with van der Waals surface area (Å²) in [5.74, 6) is 0.230. The van der Waals surface area contributed by atoms with Gasteiger partial charge in [0.15, 0.2) is 0 Å². The fourth-order valence-electron chi connectivity index (χ4n) is 2.87. The number of aryl methyl sites for hydroxylation is 2. The summed E-state index contributed by atoms with van der Waals surface area (Å²) in [4.78, 5) is 26.2. The van der Waals surface area contributed by atoms with Crippen LogP contribution in [0.1, 0.15) is 17.0 Å². The molecule has 6 heteroatoms. The van der Waals surface area contributed by atoms with E-state index in [1.54, 1.807) is 20.9 Å². The maximum absolute atomic E-state index is 12.4. The summed E-state index contributed by atoms with van der Waals surface area (Å²) in [5.41, 5.74) is 2.21. The van der Waals surface area contributed by atoms with Crippen molar-refractivity contribution in [1.82, 2.24) is 10.1 Å². The van der Waals surface area contributed by atoms with Crippen molar-refractivity contribution in [1.29, 1.82) is 0 Å². The van der Waals surface area contributed by atoms with Gasteiger partial charge in [0, 0.05) is 23.7 Å². The molecule has 2 aromatic carbocycles. The van der Waals surface area contributed by atoms with Crippen molar-refractivity contribution in [2.75, 3.05) is 18.9 Å². The lowest BCUT2D eigenvalue weighted by molar-refractivity contribution is -0.132. The molecular weight excluding hydrogens is 330 g/mol. The van der Waals surface area contributed by atoms with Gasteiger partial charge in [0.2, 0.25) is 11.8 Å². The van der Waals surface area contributed by atoms with Gasteiger partial charge < -0.3 is 14.7 Å². The Morgan fingerprint density at radius 3 is 2.58 bits per heavy atom. The second-order valence-electron chi connectivity index (χ2n) is 6.30. The molecule has 2 amide bonds. The lowest BCUT2D eigenvalue weighted by Gasteiger charge is -2.17. The number of rotatable bonds is 5. The summed E-state index contributed by atoms with van der Waals surface area (Å²) >= 11 is 0. The van der Waals surface area contributed by atoms with Crippen molar-refractivity contribution < 1.29 is 14.1 Å². The number of anilines is 1. The molecule has 0 spiro atoms. The number of fused-ring (bicyclic) bond motifs is 1. The highest BCUT2D eigenvalue weighted by molar-refractivity contribution is 6.03. The molecule has 6 nitrogen and oxygen atoms in total. The Morgan fingerprint density at radius 2 is 1.85 bits per heavy atom. The van der Waals surface area contributed by atoms with Gasteiger partial charge >= 0.3 is 0 Å². The summed E-state index contributed by atoms with van der Waals surface area (Å²) in [6.07, 6.45) is 0.166. The predicted octanol–water partition coefficient (Wildman–Crippen LogP) is 3.08. The minimum atomic E-state index is -0.240. The number of carbonyl (C=O) groups excluding carboxylic acids is 2. The van der Waals surface area contributed by atoms with Gasteiger partial charge in [-0.3, -0.25) is 9.59 Å². The topological polar surface area (TPSA) is 75.4 Å². The van der Waals surface area contributed by atoms with Crippen LogP contribution in [0.2, 0.25) is 0 Å². The SMILES string of the molecule is Cc1noc(C)c1CC(=O)N(C)CC(=O)Nc1cccc2ccccc12. The van der Waals surface area contributed by atoms with E-state index in [9.17, 15) is 9.59 Å². The minimum Gasteiger partial charge on any atom is -0.361 e. The van der Waals surface area contributed by atoms with E-state index < -0.39 is 0 Å². The summed E-state index contributed by atoms with van der Waals surface area (Å²) in [6.45, 7) is 3.55. The van der Waals surface area contributed by atoms with Crippen molar-refractivity contribution in [2.24, 2.45) is 0 Å². The van der Waals surface area contributed by atoms with E-state index in [1.165, 1.54) is 4.90 Å². The normalized spacial score (nSPS) is 10.7. The summed E-state index contributed by atoms with van der Waals surface area (Å²) in [6, 6.07) is 13.6. The number of amides is 2. The van der Waals surface area contributed by atoms with E-state index in [0.29, 0.717) is 11.5 Å². The molecule has 0 fully saturated rings. The lowest BCUT2D eigenvalue weighted by atomic mass is 10.1. The van der Waals surface area contributed by atoms with Crippen LogP contribution < -0.4 is 5.32 Å². The molecule has 0 saturated carbocycles. The maximum atomic E-state index is 12.4. The first-order valence-corrected chi connectivity index (χ1v) is 8.39. The molecule has 0 radical (unpaired) electrons. The Bertz CT molecular complexity index is 937. The molecule has 0 unspecified atom stereocenters. The third-order valence-corrected chi connectivity index (χ3v) is 4.38.